The molecule has 10 heteroatoms. The molecule has 0 spiro atoms. The van der Waals surface area contributed by atoms with Gasteiger partial charge in [-0.15, -0.1) is 0 Å². The lowest BCUT2D eigenvalue weighted by atomic mass is 10.1. The van der Waals surface area contributed by atoms with E-state index in [-0.39, 0.29) is 35.9 Å². The first kappa shape index (κ1) is 15.5. The molecule has 0 aromatic carbocycles. The van der Waals surface area contributed by atoms with Crippen LogP contribution < -0.4 is 10.5 Å². The molecule has 0 saturated carbocycles. The van der Waals surface area contributed by atoms with Crippen LogP contribution in [0.2, 0.25) is 0 Å². The number of nitrogens with two attached hydrogens (primary N) is 1. The van der Waals surface area contributed by atoms with Crippen molar-refractivity contribution in [1.82, 2.24) is 19.5 Å². The molecule has 2 heterocycles. The van der Waals surface area contributed by atoms with Crippen molar-refractivity contribution in [2.24, 2.45) is 5.92 Å². The smallest absolute Gasteiger partial charge is 0.422 e. The van der Waals surface area contributed by atoms with Gasteiger partial charge in [0.15, 0.2) is 17.8 Å². The molecular weight excluding hydrogens is 315 g/mol. The largest absolute Gasteiger partial charge is 0.466 e. The Bertz CT molecular complexity index is 743. The number of fused-ring (bicyclic) bond motifs is 1. The molecule has 0 unspecified atom stereocenters. The number of alkyl halides is 3. The Labute approximate surface area is 128 Å². The highest BCUT2D eigenvalue weighted by atomic mass is 19.4. The molecule has 3 rings (SSSR count). The Kier molecular flexibility index (Phi) is 3.84. The van der Waals surface area contributed by atoms with Crippen LogP contribution in [-0.2, 0) is 0 Å². The summed E-state index contributed by atoms with van der Waals surface area (Å²) in [7, 11) is 0. The van der Waals surface area contributed by atoms with Gasteiger partial charge in [-0.2, -0.15) is 23.1 Å². The van der Waals surface area contributed by atoms with Crippen molar-refractivity contribution in [1.29, 1.82) is 0 Å². The van der Waals surface area contributed by atoms with Gasteiger partial charge < -0.3 is 20.1 Å². The lowest BCUT2D eigenvalue weighted by molar-refractivity contribution is -0.153. The van der Waals surface area contributed by atoms with E-state index >= 15 is 0 Å². The van der Waals surface area contributed by atoms with Crippen LogP contribution in [0.5, 0.6) is 5.88 Å². The molecule has 2 aromatic heterocycles. The highest BCUT2D eigenvalue weighted by molar-refractivity contribution is 5.77. The molecule has 0 amide bonds. The van der Waals surface area contributed by atoms with Gasteiger partial charge in [0.05, 0.1) is 12.4 Å². The number of aromatic nitrogens is 4. The number of aliphatic hydroxyl groups is 1. The second kappa shape index (κ2) is 5.69. The number of hydrogen-bond acceptors (Lipinski definition) is 6. The van der Waals surface area contributed by atoms with Gasteiger partial charge in [0.1, 0.15) is 0 Å². The van der Waals surface area contributed by atoms with Crippen molar-refractivity contribution in [3.05, 3.63) is 18.5 Å². The van der Waals surface area contributed by atoms with E-state index < -0.39 is 12.8 Å². The number of aliphatic hydroxyl groups excluding tert-OH is 1. The van der Waals surface area contributed by atoms with E-state index in [4.69, 9.17) is 10.5 Å². The standard InChI is InChI=1S/C13H14F3N5O2/c14-13(15,16)5-23-11-9-10(19-12(17)20-11)21(6-18-9)8-2-1-7(3-8)4-22/h1-2,6-8,22H,3-5H2,(H2,17,19,20)/t7-,8+/m1/s1. The van der Waals surface area contributed by atoms with Crippen LogP contribution >= 0.6 is 0 Å². The van der Waals surface area contributed by atoms with Gasteiger partial charge in [-0.1, -0.05) is 12.2 Å². The number of anilines is 1. The summed E-state index contributed by atoms with van der Waals surface area (Å²) >= 11 is 0. The Hall–Kier alpha value is -2.36. The molecule has 1 aliphatic rings. The van der Waals surface area contributed by atoms with Crippen LogP contribution in [0, 0.1) is 5.92 Å². The SMILES string of the molecule is Nc1nc(OCC(F)(F)F)c2ncn([C@H]3C=C[C@@H](CO)C3)c2n1. The van der Waals surface area contributed by atoms with Gasteiger partial charge >= 0.3 is 6.18 Å². The molecule has 0 bridgehead atoms. The molecule has 2 aromatic rings. The predicted octanol–water partition coefficient (Wildman–Crippen LogP) is 1.46. The number of allylic oxidation sites excluding steroid dienone is 1. The van der Waals surface area contributed by atoms with Crippen LogP contribution in [-0.4, -0.2) is 44.0 Å². The number of imidazole rings is 1. The fourth-order valence-corrected chi connectivity index (χ4v) is 2.49. The summed E-state index contributed by atoms with van der Waals surface area (Å²) in [6, 6.07) is -0.109. The maximum Gasteiger partial charge on any atom is 0.422 e. The fraction of sp³-hybridized carbons (Fsp3) is 0.462. The Balaban J connectivity index is 1.94. The quantitative estimate of drug-likeness (QED) is 0.824. The van der Waals surface area contributed by atoms with Crippen LogP contribution in [0.1, 0.15) is 12.5 Å². The molecule has 124 valence electrons. The summed E-state index contributed by atoms with van der Waals surface area (Å²) in [5, 5.41) is 9.18. The third-order valence-corrected chi connectivity index (χ3v) is 3.52. The fourth-order valence-electron chi connectivity index (χ4n) is 2.49. The number of nitrogens with zero attached hydrogens (tertiary/aromatic N) is 4. The third-order valence-electron chi connectivity index (χ3n) is 3.52. The molecule has 3 N–H and O–H groups in total. The molecule has 23 heavy (non-hydrogen) atoms. The second-order valence-corrected chi connectivity index (χ2v) is 5.25. The first-order valence-corrected chi connectivity index (χ1v) is 6.86. The van der Waals surface area contributed by atoms with Crippen LogP contribution in [0.3, 0.4) is 0 Å². The van der Waals surface area contributed by atoms with Crippen molar-refractivity contribution < 1.29 is 23.0 Å². The highest BCUT2D eigenvalue weighted by Gasteiger charge is 2.30. The summed E-state index contributed by atoms with van der Waals surface area (Å²) in [5.74, 6) is -0.473. The topological polar surface area (TPSA) is 99.1 Å². The predicted molar refractivity (Wildman–Crippen MR) is 74.7 cm³/mol. The van der Waals surface area contributed by atoms with Gasteiger partial charge in [0.2, 0.25) is 11.8 Å². The van der Waals surface area contributed by atoms with E-state index in [1.165, 1.54) is 6.33 Å². The molecule has 1 aliphatic carbocycles. The van der Waals surface area contributed by atoms with E-state index in [1.807, 2.05) is 12.2 Å². The lowest BCUT2D eigenvalue weighted by Gasteiger charge is -2.13. The Morgan fingerprint density at radius 3 is 2.78 bits per heavy atom. The van der Waals surface area contributed by atoms with Gasteiger partial charge in [-0.25, -0.2) is 4.98 Å². The molecule has 2 atom stereocenters. The number of nitrogen functional groups attached to an aromatic ring is 1. The molecule has 0 aliphatic heterocycles. The van der Waals surface area contributed by atoms with Crippen molar-refractivity contribution in [2.75, 3.05) is 18.9 Å². The summed E-state index contributed by atoms with van der Waals surface area (Å²) < 4.78 is 43.3. The van der Waals surface area contributed by atoms with Gasteiger partial charge in [0.25, 0.3) is 0 Å². The number of ether oxygens (including phenoxy) is 1. The van der Waals surface area contributed by atoms with Gasteiger partial charge in [0, 0.05) is 12.5 Å². The lowest BCUT2D eigenvalue weighted by Crippen LogP contribution is -2.20. The zero-order chi connectivity index (χ0) is 16.6. The maximum atomic E-state index is 12.3. The van der Waals surface area contributed by atoms with E-state index in [0.29, 0.717) is 12.1 Å². The minimum absolute atomic E-state index is 0.0245. The van der Waals surface area contributed by atoms with E-state index in [0.717, 1.165) is 0 Å². The average Bonchev–Trinajstić information content (AvgIpc) is 3.09. The average molecular weight is 329 g/mol. The summed E-state index contributed by atoms with van der Waals surface area (Å²) in [6.45, 7) is -1.46. The van der Waals surface area contributed by atoms with Gasteiger partial charge in [-0.05, 0) is 6.42 Å². The minimum Gasteiger partial charge on any atom is -0.466 e. The van der Waals surface area contributed by atoms with E-state index in [9.17, 15) is 18.3 Å². The molecule has 7 nitrogen and oxygen atoms in total. The first-order valence-electron chi connectivity index (χ1n) is 6.86. The number of halogens is 3. The summed E-state index contributed by atoms with van der Waals surface area (Å²) in [5.41, 5.74) is 5.97. The zero-order valence-electron chi connectivity index (χ0n) is 11.9. The number of rotatable bonds is 4. The first-order chi connectivity index (χ1) is 10.9. The van der Waals surface area contributed by atoms with Crippen LogP contribution in [0.4, 0.5) is 19.1 Å². The number of hydrogen-bond donors (Lipinski definition) is 2. The normalized spacial score (nSPS) is 21.2. The molecular formula is C13H14F3N5O2. The summed E-state index contributed by atoms with van der Waals surface area (Å²) in [6.07, 6.45) is 1.37. The van der Waals surface area contributed by atoms with Crippen molar-refractivity contribution in [3.8, 4) is 5.88 Å². The Morgan fingerprint density at radius 1 is 1.35 bits per heavy atom. The Morgan fingerprint density at radius 2 is 2.13 bits per heavy atom. The maximum absolute atomic E-state index is 12.3. The highest BCUT2D eigenvalue weighted by Crippen LogP contribution is 2.32. The van der Waals surface area contributed by atoms with Crippen molar-refractivity contribution in [2.45, 2.75) is 18.6 Å². The zero-order valence-corrected chi connectivity index (χ0v) is 11.9. The molecule has 0 saturated heterocycles. The third kappa shape index (κ3) is 3.21. The minimum atomic E-state index is -4.49. The molecule has 0 radical (unpaired) electrons. The van der Waals surface area contributed by atoms with Crippen molar-refractivity contribution >= 4 is 17.1 Å². The molecule has 0 fully saturated rings. The van der Waals surface area contributed by atoms with Crippen LogP contribution in [0.25, 0.3) is 11.2 Å². The van der Waals surface area contributed by atoms with E-state index in [2.05, 4.69) is 15.0 Å². The van der Waals surface area contributed by atoms with Crippen LogP contribution in [0.15, 0.2) is 18.5 Å². The second-order valence-electron chi connectivity index (χ2n) is 5.25. The van der Waals surface area contributed by atoms with Gasteiger partial charge in [-0.3, -0.25) is 0 Å². The monoisotopic (exact) mass is 329 g/mol. The van der Waals surface area contributed by atoms with Crippen molar-refractivity contribution in [3.63, 3.8) is 0 Å². The van der Waals surface area contributed by atoms with E-state index in [1.54, 1.807) is 4.57 Å². The summed E-state index contributed by atoms with van der Waals surface area (Å²) in [4.78, 5) is 11.8.